The Kier molecular flexibility index (Phi) is 8.10. The van der Waals surface area contributed by atoms with Crippen molar-refractivity contribution in [2.24, 2.45) is 10.8 Å². The first-order valence-electron chi connectivity index (χ1n) is 10.4. The number of rotatable bonds is 9. The van der Waals surface area contributed by atoms with E-state index in [2.05, 4.69) is 21.0 Å². The topological polar surface area (TPSA) is 109 Å². The van der Waals surface area contributed by atoms with Gasteiger partial charge in [0, 0.05) is 10.4 Å². The Morgan fingerprint density at radius 3 is 2.73 bits per heavy atom. The minimum atomic E-state index is -0.633. The fraction of sp³-hybridized carbons (Fsp3) is 0.304. The van der Waals surface area contributed by atoms with E-state index >= 15 is 0 Å². The minimum Gasteiger partial charge on any atom is -0.490 e. The molecule has 3 aromatic rings. The lowest BCUT2D eigenvalue weighted by molar-refractivity contribution is -0.119. The molecule has 2 aromatic carbocycles. The van der Waals surface area contributed by atoms with Crippen molar-refractivity contribution < 1.29 is 14.3 Å². The highest BCUT2D eigenvalue weighted by atomic mass is 79.9. The predicted octanol–water partition coefficient (Wildman–Crippen LogP) is 4.47. The van der Waals surface area contributed by atoms with Crippen molar-refractivity contribution in [1.29, 1.82) is 0 Å². The maximum Gasteiger partial charge on any atom is 0.282 e. The summed E-state index contributed by atoms with van der Waals surface area (Å²) in [5, 5.41) is 5.12. The first-order chi connectivity index (χ1) is 15.7. The number of ether oxygens (including phenoxy) is 2. The van der Waals surface area contributed by atoms with Crippen LogP contribution >= 0.6 is 27.5 Å². The second kappa shape index (κ2) is 10.8. The van der Waals surface area contributed by atoms with Crippen molar-refractivity contribution in [3.05, 3.63) is 61.6 Å². The van der Waals surface area contributed by atoms with Gasteiger partial charge in [-0.15, -0.1) is 0 Å². The largest absolute Gasteiger partial charge is 0.490 e. The smallest absolute Gasteiger partial charge is 0.282 e. The lowest BCUT2D eigenvalue weighted by Crippen LogP contribution is -2.23. The van der Waals surface area contributed by atoms with Gasteiger partial charge in [-0.05, 0) is 49.2 Å². The second-order valence-corrected chi connectivity index (χ2v) is 8.64. The maximum atomic E-state index is 13.3. The number of aromatic nitrogens is 2. The third-order valence-electron chi connectivity index (χ3n) is 4.90. The second-order valence-electron chi connectivity index (χ2n) is 7.32. The monoisotopic (exact) mass is 534 g/mol. The molecule has 1 heterocycles. The highest BCUT2D eigenvalue weighted by Gasteiger charge is 2.17. The zero-order valence-electron chi connectivity index (χ0n) is 18.5. The molecule has 0 radical (unpaired) electrons. The van der Waals surface area contributed by atoms with Gasteiger partial charge < -0.3 is 15.2 Å². The summed E-state index contributed by atoms with van der Waals surface area (Å²) in [7, 11) is 0. The van der Waals surface area contributed by atoms with Crippen LogP contribution < -0.4 is 20.8 Å². The number of carbonyl (C=O) groups excluding carboxylic acids is 1. The van der Waals surface area contributed by atoms with Crippen molar-refractivity contribution >= 4 is 50.6 Å². The van der Waals surface area contributed by atoms with Crippen LogP contribution in [-0.4, -0.2) is 35.0 Å². The van der Waals surface area contributed by atoms with Crippen LogP contribution in [0.1, 0.15) is 44.5 Å². The third kappa shape index (κ3) is 5.72. The number of halogens is 2. The van der Waals surface area contributed by atoms with Crippen LogP contribution in [0.25, 0.3) is 10.9 Å². The number of hydrogen-bond donors (Lipinski definition) is 1. The Balaban J connectivity index is 2.10. The normalized spacial score (nSPS) is 12.3. The predicted molar refractivity (Wildman–Crippen MR) is 133 cm³/mol. The van der Waals surface area contributed by atoms with Crippen LogP contribution in [0.2, 0.25) is 5.02 Å². The summed E-state index contributed by atoms with van der Waals surface area (Å²) in [5.74, 6) is 0.486. The molecule has 33 heavy (non-hydrogen) atoms. The molecule has 174 valence electrons. The van der Waals surface area contributed by atoms with Crippen LogP contribution in [-0.2, 0) is 4.79 Å². The SMILES string of the molecule is CCOc1cc(C=Nn2c([C@H](C)CC)nc3ccc(Br)cc3c2=O)cc(Cl)c1OCC(N)=O. The summed E-state index contributed by atoms with van der Waals surface area (Å²) in [6, 6.07) is 8.64. The van der Waals surface area contributed by atoms with E-state index in [1.54, 1.807) is 24.3 Å². The summed E-state index contributed by atoms with van der Waals surface area (Å²) in [6.45, 7) is 5.84. The fourth-order valence-corrected chi connectivity index (χ4v) is 3.75. The van der Waals surface area contributed by atoms with Gasteiger partial charge in [0.1, 0.15) is 5.82 Å². The molecule has 0 saturated carbocycles. The van der Waals surface area contributed by atoms with Crippen LogP contribution in [0.3, 0.4) is 0 Å². The van der Waals surface area contributed by atoms with E-state index in [0.29, 0.717) is 34.6 Å². The summed E-state index contributed by atoms with van der Waals surface area (Å²) in [6.07, 6.45) is 2.29. The van der Waals surface area contributed by atoms with Crippen molar-refractivity contribution in [3.8, 4) is 11.5 Å². The molecular formula is C23H24BrClN4O4. The number of nitrogens with zero attached hydrogens (tertiary/aromatic N) is 3. The summed E-state index contributed by atoms with van der Waals surface area (Å²) >= 11 is 9.76. The van der Waals surface area contributed by atoms with Crippen LogP contribution in [0.4, 0.5) is 0 Å². The number of carbonyl (C=O) groups is 1. The van der Waals surface area contributed by atoms with Gasteiger partial charge in [0.2, 0.25) is 0 Å². The maximum absolute atomic E-state index is 13.3. The first-order valence-corrected chi connectivity index (χ1v) is 11.6. The lowest BCUT2D eigenvalue weighted by Gasteiger charge is -2.15. The molecule has 1 atom stereocenters. The lowest BCUT2D eigenvalue weighted by atomic mass is 10.1. The molecule has 2 N–H and O–H groups in total. The van der Waals surface area contributed by atoms with E-state index in [1.807, 2.05) is 26.8 Å². The quantitative estimate of drug-likeness (QED) is 0.407. The Morgan fingerprint density at radius 2 is 2.06 bits per heavy atom. The highest BCUT2D eigenvalue weighted by molar-refractivity contribution is 9.10. The van der Waals surface area contributed by atoms with Crippen molar-refractivity contribution in [2.75, 3.05) is 13.2 Å². The van der Waals surface area contributed by atoms with Gasteiger partial charge in [-0.25, -0.2) is 4.98 Å². The molecule has 0 unspecified atom stereocenters. The van der Waals surface area contributed by atoms with Crippen molar-refractivity contribution in [1.82, 2.24) is 9.66 Å². The molecule has 0 aliphatic rings. The van der Waals surface area contributed by atoms with Gasteiger partial charge in [-0.2, -0.15) is 9.78 Å². The molecule has 0 bridgehead atoms. The molecule has 0 aliphatic heterocycles. The van der Waals surface area contributed by atoms with E-state index in [1.165, 1.54) is 10.9 Å². The molecule has 1 aromatic heterocycles. The summed E-state index contributed by atoms with van der Waals surface area (Å²) in [4.78, 5) is 29.0. The van der Waals surface area contributed by atoms with E-state index in [4.69, 9.17) is 31.8 Å². The number of benzene rings is 2. The van der Waals surface area contributed by atoms with E-state index in [9.17, 15) is 9.59 Å². The fourth-order valence-electron chi connectivity index (χ4n) is 3.11. The van der Waals surface area contributed by atoms with Gasteiger partial charge in [0.05, 0.1) is 28.7 Å². The number of fused-ring (bicyclic) bond motifs is 1. The van der Waals surface area contributed by atoms with Crippen molar-refractivity contribution in [3.63, 3.8) is 0 Å². The van der Waals surface area contributed by atoms with Gasteiger partial charge in [-0.1, -0.05) is 41.4 Å². The zero-order chi connectivity index (χ0) is 24.1. The summed E-state index contributed by atoms with van der Waals surface area (Å²) < 4.78 is 13.1. The Labute approximate surface area is 204 Å². The summed E-state index contributed by atoms with van der Waals surface area (Å²) in [5.41, 5.74) is 6.07. The van der Waals surface area contributed by atoms with E-state index in [-0.39, 0.29) is 28.9 Å². The van der Waals surface area contributed by atoms with E-state index in [0.717, 1.165) is 10.9 Å². The average Bonchev–Trinajstić information content (AvgIpc) is 2.77. The molecule has 0 aliphatic carbocycles. The van der Waals surface area contributed by atoms with Crippen LogP contribution in [0, 0.1) is 0 Å². The van der Waals surface area contributed by atoms with Crippen LogP contribution in [0.15, 0.2) is 44.7 Å². The van der Waals surface area contributed by atoms with E-state index < -0.39 is 5.91 Å². The Bertz CT molecular complexity index is 1280. The standard InChI is InChI=1S/C23H24BrClN4O4/c1-4-13(3)22-28-18-7-6-15(24)10-16(18)23(31)29(22)27-11-14-8-17(25)21(33-12-20(26)30)19(9-14)32-5-2/h6-11,13H,4-5,12H2,1-3H3,(H2,26,30)/t13-/m1/s1. The van der Waals surface area contributed by atoms with Crippen LogP contribution in [0.5, 0.6) is 11.5 Å². The molecule has 0 fully saturated rings. The molecular weight excluding hydrogens is 512 g/mol. The number of amides is 1. The molecule has 8 nitrogen and oxygen atoms in total. The van der Waals surface area contributed by atoms with Gasteiger partial charge in [-0.3, -0.25) is 9.59 Å². The Morgan fingerprint density at radius 1 is 1.30 bits per heavy atom. The van der Waals surface area contributed by atoms with Gasteiger partial charge >= 0.3 is 0 Å². The molecule has 0 saturated heterocycles. The number of nitrogens with two attached hydrogens (primary N) is 1. The molecule has 1 amide bonds. The average molecular weight is 536 g/mol. The van der Waals surface area contributed by atoms with Gasteiger partial charge in [0.15, 0.2) is 18.1 Å². The van der Waals surface area contributed by atoms with Gasteiger partial charge in [0.25, 0.3) is 11.5 Å². The number of hydrogen-bond acceptors (Lipinski definition) is 6. The molecule has 3 rings (SSSR count). The first kappa shape index (κ1) is 24.7. The minimum absolute atomic E-state index is 0.00930. The third-order valence-corrected chi connectivity index (χ3v) is 5.67. The Hall–Kier alpha value is -2.91. The van der Waals surface area contributed by atoms with Crippen molar-refractivity contribution in [2.45, 2.75) is 33.1 Å². The molecule has 10 heteroatoms. The molecule has 0 spiro atoms. The number of primary amides is 1. The highest BCUT2D eigenvalue weighted by Crippen LogP contribution is 2.36. The zero-order valence-corrected chi connectivity index (χ0v) is 20.8.